The summed E-state index contributed by atoms with van der Waals surface area (Å²) in [5.74, 6) is 0.413. The maximum atomic E-state index is 11.4. The highest BCUT2D eigenvalue weighted by atomic mass is 35.5. The third kappa shape index (κ3) is 5.45. The Morgan fingerprint density at radius 2 is 2.14 bits per heavy atom. The molecule has 0 aromatic heterocycles. The summed E-state index contributed by atoms with van der Waals surface area (Å²) in [6.45, 7) is 7.69. The molecular weight excluding hydrogens is 202 g/mol. The molecule has 0 radical (unpaired) electrons. The van der Waals surface area contributed by atoms with Crippen LogP contribution in [0.4, 0.5) is 0 Å². The van der Waals surface area contributed by atoms with Gasteiger partial charge in [-0.1, -0.05) is 0 Å². The van der Waals surface area contributed by atoms with Crippen LogP contribution in [0.25, 0.3) is 0 Å². The van der Waals surface area contributed by atoms with Crippen LogP contribution in [-0.4, -0.2) is 24.7 Å². The SMILES string of the molecule is CC(C)(C)OC(=O)C[C@@H]1CCNC1.Cl. The van der Waals surface area contributed by atoms with Crippen molar-refractivity contribution in [2.45, 2.75) is 39.2 Å². The van der Waals surface area contributed by atoms with E-state index in [0.29, 0.717) is 12.3 Å². The van der Waals surface area contributed by atoms with Crippen molar-refractivity contribution < 1.29 is 9.53 Å². The molecule has 1 atom stereocenters. The standard InChI is InChI=1S/C10H19NO2.ClH/c1-10(2,3)13-9(12)6-8-4-5-11-7-8;/h8,11H,4-7H2,1-3H3;1H/t8-;/m0./s1. The van der Waals surface area contributed by atoms with E-state index in [1.54, 1.807) is 0 Å². The monoisotopic (exact) mass is 221 g/mol. The highest BCUT2D eigenvalue weighted by Gasteiger charge is 2.22. The van der Waals surface area contributed by atoms with Crippen LogP contribution in [0.2, 0.25) is 0 Å². The van der Waals surface area contributed by atoms with Gasteiger partial charge in [0, 0.05) is 6.42 Å². The highest BCUT2D eigenvalue weighted by Crippen LogP contribution is 2.15. The topological polar surface area (TPSA) is 38.3 Å². The fourth-order valence-electron chi connectivity index (χ4n) is 1.51. The summed E-state index contributed by atoms with van der Waals surface area (Å²) < 4.78 is 5.23. The fourth-order valence-corrected chi connectivity index (χ4v) is 1.51. The van der Waals surface area contributed by atoms with Crippen LogP contribution in [0.15, 0.2) is 0 Å². The molecule has 1 rings (SSSR count). The van der Waals surface area contributed by atoms with Crippen molar-refractivity contribution in [3.8, 4) is 0 Å². The van der Waals surface area contributed by atoms with Gasteiger partial charge in [-0.15, -0.1) is 12.4 Å². The second-order valence-electron chi connectivity index (χ2n) is 4.65. The molecule has 84 valence electrons. The lowest BCUT2D eigenvalue weighted by molar-refractivity contribution is -0.155. The molecule has 4 heteroatoms. The summed E-state index contributed by atoms with van der Waals surface area (Å²) >= 11 is 0. The van der Waals surface area contributed by atoms with Crippen LogP contribution in [0.1, 0.15) is 33.6 Å². The van der Waals surface area contributed by atoms with Gasteiger partial charge in [-0.25, -0.2) is 0 Å². The van der Waals surface area contributed by atoms with E-state index in [0.717, 1.165) is 19.5 Å². The van der Waals surface area contributed by atoms with Gasteiger partial charge in [-0.3, -0.25) is 4.79 Å². The number of rotatable bonds is 2. The lowest BCUT2D eigenvalue weighted by atomic mass is 10.1. The van der Waals surface area contributed by atoms with Gasteiger partial charge < -0.3 is 10.1 Å². The molecule has 1 saturated heterocycles. The molecule has 14 heavy (non-hydrogen) atoms. The summed E-state index contributed by atoms with van der Waals surface area (Å²) in [7, 11) is 0. The largest absolute Gasteiger partial charge is 0.460 e. The van der Waals surface area contributed by atoms with Gasteiger partial charge in [0.2, 0.25) is 0 Å². The third-order valence-electron chi connectivity index (χ3n) is 2.04. The van der Waals surface area contributed by atoms with Crippen LogP contribution in [-0.2, 0) is 9.53 Å². The van der Waals surface area contributed by atoms with Crippen LogP contribution in [0.3, 0.4) is 0 Å². The quantitative estimate of drug-likeness (QED) is 0.723. The second kappa shape index (κ2) is 5.56. The summed E-state index contributed by atoms with van der Waals surface area (Å²) in [6.07, 6.45) is 1.66. The van der Waals surface area contributed by atoms with E-state index < -0.39 is 0 Å². The maximum absolute atomic E-state index is 11.4. The molecule has 0 bridgehead atoms. The second-order valence-corrected chi connectivity index (χ2v) is 4.65. The molecule has 0 aliphatic carbocycles. The van der Waals surface area contributed by atoms with Crippen molar-refractivity contribution in [3.63, 3.8) is 0 Å². The van der Waals surface area contributed by atoms with E-state index in [-0.39, 0.29) is 24.0 Å². The summed E-state index contributed by atoms with van der Waals surface area (Å²) in [4.78, 5) is 11.4. The summed E-state index contributed by atoms with van der Waals surface area (Å²) in [5.41, 5.74) is -0.344. The fraction of sp³-hybridized carbons (Fsp3) is 0.900. The smallest absolute Gasteiger partial charge is 0.306 e. The molecule has 0 amide bonds. The molecule has 0 aromatic rings. The van der Waals surface area contributed by atoms with Crippen LogP contribution in [0, 0.1) is 5.92 Å². The molecule has 1 N–H and O–H groups in total. The molecule has 1 heterocycles. The normalized spacial score (nSPS) is 21.5. The Morgan fingerprint density at radius 3 is 2.57 bits per heavy atom. The molecule has 1 aliphatic heterocycles. The average molecular weight is 222 g/mol. The molecule has 3 nitrogen and oxygen atoms in total. The number of carbonyl (C=O) groups is 1. The minimum Gasteiger partial charge on any atom is -0.460 e. The Bertz CT molecular complexity index is 183. The Hall–Kier alpha value is -0.280. The first-order valence-electron chi connectivity index (χ1n) is 4.90. The van der Waals surface area contributed by atoms with Crippen molar-refractivity contribution in [1.29, 1.82) is 0 Å². The lowest BCUT2D eigenvalue weighted by Crippen LogP contribution is -2.25. The third-order valence-corrected chi connectivity index (χ3v) is 2.04. The van der Waals surface area contributed by atoms with Gasteiger partial charge >= 0.3 is 5.97 Å². The zero-order valence-electron chi connectivity index (χ0n) is 9.13. The van der Waals surface area contributed by atoms with Gasteiger partial charge in [0.05, 0.1) is 0 Å². The number of hydrogen-bond acceptors (Lipinski definition) is 3. The lowest BCUT2D eigenvalue weighted by Gasteiger charge is -2.20. The number of nitrogens with one attached hydrogen (secondary N) is 1. The van der Waals surface area contributed by atoms with E-state index in [1.165, 1.54) is 0 Å². The summed E-state index contributed by atoms with van der Waals surface area (Å²) in [6, 6.07) is 0. The predicted octanol–water partition coefficient (Wildman–Crippen LogP) is 1.75. The van der Waals surface area contributed by atoms with Gasteiger partial charge in [0.1, 0.15) is 5.60 Å². The first kappa shape index (κ1) is 13.7. The van der Waals surface area contributed by atoms with Gasteiger partial charge in [0.15, 0.2) is 0 Å². The van der Waals surface area contributed by atoms with E-state index in [1.807, 2.05) is 20.8 Å². The Labute approximate surface area is 92.0 Å². The van der Waals surface area contributed by atoms with E-state index in [4.69, 9.17) is 4.74 Å². The van der Waals surface area contributed by atoms with Gasteiger partial charge in [-0.2, -0.15) is 0 Å². The van der Waals surface area contributed by atoms with Gasteiger partial charge in [0.25, 0.3) is 0 Å². The average Bonchev–Trinajstić information content (AvgIpc) is 2.34. The number of ether oxygens (including phenoxy) is 1. The first-order valence-corrected chi connectivity index (χ1v) is 4.90. The van der Waals surface area contributed by atoms with Crippen LogP contribution >= 0.6 is 12.4 Å². The molecular formula is C10H20ClNO2. The number of esters is 1. The first-order chi connectivity index (χ1) is 5.97. The Morgan fingerprint density at radius 1 is 1.50 bits per heavy atom. The predicted molar refractivity (Wildman–Crippen MR) is 58.7 cm³/mol. The minimum atomic E-state index is -0.344. The van der Waals surface area contributed by atoms with Crippen LogP contribution in [0.5, 0.6) is 0 Å². The van der Waals surface area contributed by atoms with Crippen molar-refractivity contribution in [2.75, 3.05) is 13.1 Å². The molecule has 1 fully saturated rings. The Kier molecular flexibility index (Phi) is 5.45. The molecule has 0 saturated carbocycles. The Balaban J connectivity index is 0.00000169. The number of halogens is 1. The van der Waals surface area contributed by atoms with Gasteiger partial charge in [-0.05, 0) is 46.2 Å². The molecule has 0 unspecified atom stereocenters. The van der Waals surface area contributed by atoms with E-state index in [9.17, 15) is 4.79 Å². The van der Waals surface area contributed by atoms with E-state index >= 15 is 0 Å². The maximum Gasteiger partial charge on any atom is 0.306 e. The van der Waals surface area contributed by atoms with Crippen molar-refractivity contribution in [1.82, 2.24) is 5.32 Å². The zero-order valence-corrected chi connectivity index (χ0v) is 9.95. The summed E-state index contributed by atoms with van der Waals surface area (Å²) in [5, 5.41) is 3.23. The van der Waals surface area contributed by atoms with Crippen molar-refractivity contribution in [2.24, 2.45) is 5.92 Å². The number of hydrogen-bond donors (Lipinski definition) is 1. The highest BCUT2D eigenvalue weighted by molar-refractivity contribution is 5.85. The zero-order chi connectivity index (χ0) is 9.90. The molecule has 0 aromatic carbocycles. The molecule has 1 aliphatic rings. The minimum absolute atomic E-state index is 0. The number of carbonyl (C=O) groups excluding carboxylic acids is 1. The van der Waals surface area contributed by atoms with Crippen molar-refractivity contribution >= 4 is 18.4 Å². The molecule has 0 spiro atoms. The van der Waals surface area contributed by atoms with Crippen LogP contribution < -0.4 is 5.32 Å². The van der Waals surface area contributed by atoms with Crippen molar-refractivity contribution in [3.05, 3.63) is 0 Å². The van der Waals surface area contributed by atoms with E-state index in [2.05, 4.69) is 5.32 Å².